The van der Waals surface area contributed by atoms with Gasteiger partial charge in [0.05, 0.1) is 0 Å². The predicted molar refractivity (Wildman–Crippen MR) is 92.5 cm³/mol. The first kappa shape index (κ1) is 16.8. The van der Waals surface area contributed by atoms with Gasteiger partial charge in [-0.25, -0.2) is 9.97 Å². The molecule has 0 radical (unpaired) electrons. The molecule has 1 saturated heterocycles. The van der Waals surface area contributed by atoms with Gasteiger partial charge in [-0.15, -0.1) is 0 Å². The summed E-state index contributed by atoms with van der Waals surface area (Å²) < 4.78 is 0. The minimum atomic E-state index is -0.668. The van der Waals surface area contributed by atoms with Crippen LogP contribution in [-0.4, -0.2) is 44.5 Å². The number of piperidine rings is 1. The second kappa shape index (κ2) is 6.60. The van der Waals surface area contributed by atoms with Crippen molar-refractivity contribution in [3.8, 4) is 0 Å². The molecule has 9 nitrogen and oxygen atoms in total. The Morgan fingerprint density at radius 1 is 1.19 bits per heavy atom. The highest BCUT2D eigenvalue weighted by molar-refractivity contribution is 6.06. The number of nitrogens with one attached hydrogen (secondary N) is 2. The van der Waals surface area contributed by atoms with E-state index in [0.717, 1.165) is 0 Å². The first-order chi connectivity index (χ1) is 13.0. The maximum absolute atomic E-state index is 12.6. The quantitative estimate of drug-likeness (QED) is 0.764. The molecule has 0 saturated carbocycles. The molecule has 27 heavy (non-hydrogen) atoms. The Bertz CT molecular complexity index is 959. The van der Waals surface area contributed by atoms with E-state index < -0.39 is 17.9 Å². The van der Waals surface area contributed by atoms with Crippen molar-refractivity contribution < 1.29 is 19.2 Å². The molecule has 4 rings (SSSR count). The lowest BCUT2D eigenvalue weighted by atomic mass is 10.0. The van der Waals surface area contributed by atoms with E-state index in [0.29, 0.717) is 23.2 Å². The summed E-state index contributed by atoms with van der Waals surface area (Å²) in [6, 6.07) is 5.87. The smallest absolute Gasteiger partial charge is 0.293 e. The number of benzene rings is 1. The van der Waals surface area contributed by atoms with Crippen molar-refractivity contribution in [1.29, 1.82) is 0 Å². The maximum atomic E-state index is 12.6. The van der Waals surface area contributed by atoms with Crippen LogP contribution < -0.4 is 10.6 Å². The van der Waals surface area contributed by atoms with Crippen LogP contribution in [0.1, 0.15) is 39.4 Å². The summed E-state index contributed by atoms with van der Waals surface area (Å²) in [5, 5.41) is 4.96. The van der Waals surface area contributed by atoms with Crippen LogP contribution in [0.4, 0.5) is 5.69 Å². The number of rotatable bonds is 3. The number of nitrogens with zero attached hydrogens (tertiary/aromatic N) is 3. The van der Waals surface area contributed by atoms with Crippen molar-refractivity contribution in [3.05, 3.63) is 53.6 Å². The lowest BCUT2D eigenvalue weighted by molar-refractivity contribution is -0.136. The molecule has 2 aliphatic rings. The number of hydrogen-bond donors (Lipinski definition) is 2. The average molecular weight is 365 g/mol. The highest BCUT2D eigenvalue weighted by atomic mass is 16.2. The van der Waals surface area contributed by atoms with E-state index in [1.54, 1.807) is 24.3 Å². The maximum Gasteiger partial charge on any atom is 0.293 e. The molecular formula is C18H15N5O4. The Morgan fingerprint density at radius 3 is 2.70 bits per heavy atom. The molecule has 2 N–H and O–H groups in total. The van der Waals surface area contributed by atoms with E-state index in [4.69, 9.17) is 0 Å². The normalized spacial score (nSPS) is 18.9. The van der Waals surface area contributed by atoms with E-state index in [1.807, 2.05) is 0 Å². The Morgan fingerprint density at radius 2 is 1.96 bits per heavy atom. The van der Waals surface area contributed by atoms with Crippen molar-refractivity contribution in [1.82, 2.24) is 20.2 Å². The van der Waals surface area contributed by atoms with E-state index in [2.05, 4.69) is 20.6 Å². The van der Waals surface area contributed by atoms with Crippen LogP contribution >= 0.6 is 0 Å². The molecule has 2 aliphatic heterocycles. The second-order valence-electron chi connectivity index (χ2n) is 6.30. The SMILES string of the molecule is O=C1CCC(N2Cc3cc(NC(=O)c4ncccn4)ccc3C2=O)C(=O)N1. The van der Waals surface area contributed by atoms with Crippen molar-refractivity contribution >= 4 is 29.3 Å². The van der Waals surface area contributed by atoms with Gasteiger partial charge in [0.2, 0.25) is 17.6 Å². The van der Waals surface area contributed by atoms with E-state index in [-0.39, 0.29) is 30.6 Å². The summed E-state index contributed by atoms with van der Waals surface area (Å²) in [7, 11) is 0. The predicted octanol–water partition coefficient (Wildman–Crippen LogP) is 0.490. The number of carbonyl (C=O) groups excluding carboxylic acids is 4. The Balaban J connectivity index is 1.52. The number of fused-ring (bicyclic) bond motifs is 1. The van der Waals surface area contributed by atoms with Gasteiger partial charge >= 0.3 is 0 Å². The zero-order chi connectivity index (χ0) is 19.0. The molecule has 9 heteroatoms. The number of imide groups is 1. The minimum Gasteiger partial charge on any atom is -0.322 e. The lowest BCUT2D eigenvalue weighted by Gasteiger charge is -2.29. The van der Waals surface area contributed by atoms with E-state index in [9.17, 15) is 19.2 Å². The van der Waals surface area contributed by atoms with E-state index >= 15 is 0 Å². The largest absolute Gasteiger partial charge is 0.322 e. The Kier molecular flexibility index (Phi) is 4.11. The fraction of sp³-hybridized carbons (Fsp3) is 0.222. The number of amides is 4. The highest BCUT2D eigenvalue weighted by Gasteiger charge is 2.39. The van der Waals surface area contributed by atoms with Crippen molar-refractivity contribution in [2.24, 2.45) is 0 Å². The first-order valence-electron chi connectivity index (χ1n) is 8.39. The van der Waals surface area contributed by atoms with Gasteiger partial charge in [-0.1, -0.05) is 0 Å². The molecule has 1 atom stereocenters. The van der Waals surface area contributed by atoms with Gasteiger partial charge in [0, 0.05) is 36.6 Å². The minimum absolute atomic E-state index is 0.0410. The molecule has 1 unspecified atom stereocenters. The van der Waals surface area contributed by atoms with Gasteiger partial charge < -0.3 is 10.2 Å². The molecule has 1 aromatic carbocycles. The Hall–Kier alpha value is -3.62. The summed E-state index contributed by atoms with van der Waals surface area (Å²) >= 11 is 0. The number of hydrogen-bond acceptors (Lipinski definition) is 6. The molecule has 2 aromatic rings. The van der Waals surface area contributed by atoms with Gasteiger partial charge in [-0.05, 0) is 36.2 Å². The molecule has 136 valence electrons. The van der Waals surface area contributed by atoms with Gasteiger partial charge in [-0.3, -0.25) is 24.5 Å². The topological polar surface area (TPSA) is 121 Å². The van der Waals surface area contributed by atoms with Crippen LogP contribution in [0, 0.1) is 0 Å². The van der Waals surface area contributed by atoms with Crippen LogP contribution in [0.15, 0.2) is 36.7 Å². The third-order valence-corrected chi connectivity index (χ3v) is 4.55. The van der Waals surface area contributed by atoms with Crippen molar-refractivity contribution in [3.63, 3.8) is 0 Å². The fourth-order valence-electron chi connectivity index (χ4n) is 3.26. The van der Waals surface area contributed by atoms with Crippen LogP contribution in [-0.2, 0) is 16.1 Å². The number of anilines is 1. The second-order valence-corrected chi connectivity index (χ2v) is 6.30. The summed E-state index contributed by atoms with van der Waals surface area (Å²) in [5.41, 5.74) is 1.69. The molecule has 3 heterocycles. The van der Waals surface area contributed by atoms with Crippen LogP contribution in [0.2, 0.25) is 0 Å². The molecule has 0 bridgehead atoms. The molecule has 1 aromatic heterocycles. The third kappa shape index (κ3) is 3.14. The van der Waals surface area contributed by atoms with Crippen LogP contribution in [0.3, 0.4) is 0 Å². The monoisotopic (exact) mass is 365 g/mol. The van der Waals surface area contributed by atoms with Crippen molar-refractivity contribution in [2.75, 3.05) is 5.32 Å². The van der Waals surface area contributed by atoms with Crippen LogP contribution in [0.5, 0.6) is 0 Å². The molecular weight excluding hydrogens is 350 g/mol. The molecule has 4 amide bonds. The number of carbonyl (C=O) groups is 4. The standard InChI is InChI=1S/C18H15N5O4/c24-14-5-4-13(16(25)22-14)23-9-10-8-11(2-3-12(10)18(23)27)21-17(26)15-19-6-1-7-20-15/h1-3,6-8,13H,4-5,9H2,(H,21,26)(H,22,24,25). The number of aromatic nitrogens is 2. The third-order valence-electron chi connectivity index (χ3n) is 4.55. The molecule has 0 spiro atoms. The summed E-state index contributed by atoms with van der Waals surface area (Å²) in [4.78, 5) is 57.4. The zero-order valence-electron chi connectivity index (χ0n) is 14.1. The zero-order valence-corrected chi connectivity index (χ0v) is 14.1. The first-order valence-corrected chi connectivity index (χ1v) is 8.39. The van der Waals surface area contributed by atoms with Gasteiger partial charge in [0.1, 0.15) is 6.04 Å². The summed E-state index contributed by atoms with van der Waals surface area (Å²) in [6.07, 6.45) is 3.45. The summed E-state index contributed by atoms with van der Waals surface area (Å²) in [5.74, 6) is -1.46. The van der Waals surface area contributed by atoms with Gasteiger partial charge in [-0.2, -0.15) is 0 Å². The highest BCUT2D eigenvalue weighted by Crippen LogP contribution is 2.29. The van der Waals surface area contributed by atoms with Gasteiger partial charge in [0.25, 0.3) is 11.8 Å². The molecule has 1 fully saturated rings. The average Bonchev–Trinajstić information content (AvgIpc) is 2.98. The van der Waals surface area contributed by atoms with Gasteiger partial charge in [0.15, 0.2) is 0 Å². The lowest BCUT2D eigenvalue weighted by Crippen LogP contribution is -2.52. The van der Waals surface area contributed by atoms with Crippen molar-refractivity contribution in [2.45, 2.75) is 25.4 Å². The molecule has 0 aliphatic carbocycles. The van der Waals surface area contributed by atoms with Crippen LogP contribution in [0.25, 0.3) is 0 Å². The van der Waals surface area contributed by atoms with E-state index in [1.165, 1.54) is 17.3 Å². The summed E-state index contributed by atoms with van der Waals surface area (Å²) in [6.45, 7) is 0.242. The Labute approximate surface area is 153 Å². The fourth-order valence-corrected chi connectivity index (χ4v) is 3.26.